The van der Waals surface area contributed by atoms with E-state index in [1.165, 1.54) is 24.3 Å². The zero-order chi connectivity index (χ0) is 18.4. The van der Waals surface area contributed by atoms with E-state index in [0.717, 1.165) is 13.2 Å². The summed E-state index contributed by atoms with van der Waals surface area (Å²) in [6, 6.07) is 8.00. The van der Waals surface area contributed by atoms with E-state index in [9.17, 15) is 27.6 Å². The Bertz CT molecular complexity index is 870. The summed E-state index contributed by atoms with van der Waals surface area (Å²) in [5, 5.41) is 0. The molecule has 0 saturated heterocycles. The summed E-state index contributed by atoms with van der Waals surface area (Å²) in [4.78, 5) is 37.5. The number of anilines is 1. The molecule has 2 aromatic carbocycles. The lowest BCUT2D eigenvalue weighted by Crippen LogP contribution is -2.31. The Labute approximate surface area is 139 Å². The lowest BCUT2D eigenvalue weighted by Gasteiger charge is -2.19. The molecule has 8 heteroatoms. The van der Waals surface area contributed by atoms with Gasteiger partial charge in [0.25, 0.3) is 11.8 Å². The van der Waals surface area contributed by atoms with Gasteiger partial charge in [0.05, 0.1) is 35.1 Å². The van der Waals surface area contributed by atoms with Gasteiger partial charge < -0.3 is 4.74 Å². The molecule has 0 fully saturated rings. The molecule has 0 aromatic heterocycles. The molecular weight excluding hydrogens is 339 g/mol. The third-order valence-corrected chi connectivity index (χ3v) is 3.77. The predicted molar refractivity (Wildman–Crippen MR) is 80.4 cm³/mol. The average molecular weight is 349 g/mol. The second-order valence-corrected chi connectivity index (χ2v) is 5.21. The Morgan fingerprint density at radius 3 is 2.04 bits per heavy atom. The second kappa shape index (κ2) is 5.73. The molecule has 0 N–H and O–H groups in total. The Kier molecular flexibility index (Phi) is 3.82. The predicted octanol–water partition coefficient (Wildman–Crippen LogP) is 3.29. The maximum Gasteiger partial charge on any atom is 0.416 e. The van der Waals surface area contributed by atoms with Crippen LogP contribution in [0.5, 0.6) is 0 Å². The van der Waals surface area contributed by atoms with Crippen LogP contribution >= 0.6 is 0 Å². The molecule has 25 heavy (non-hydrogen) atoms. The summed E-state index contributed by atoms with van der Waals surface area (Å²) >= 11 is 0. The highest BCUT2D eigenvalue weighted by Gasteiger charge is 2.40. The Morgan fingerprint density at radius 2 is 1.56 bits per heavy atom. The molecular formula is C17H10F3NO4. The third-order valence-electron chi connectivity index (χ3n) is 3.77. The molecule has 0 bridgehead atoms. The van der Waals surface area contributed by atoms with Crippen molar-refractivity contribution in [2.75, 3.05) is 12.0 Å². The van der Waals surface area contributed by atoms with E-state index in [-0.39, 0.29) is 16.7 Å². The van der Waals surface area contributed by atoms with Crippen molar-refractivity contribution < 1.29 is 32.3 Å². The number of methoxy groups -OCH3 is 1. The first-order valence-corrected chi connectivity index (χ1v) is 7.03. The van der Waals surface area contributed by atoms with Gasteiger partial charge in [-0.2, -0.15) is 13.2 Å². The number of hydrogen-bond donors (Lipinski definition) is 0. The lowest BCUT2D eigenvalue weighted by atomic mass is 10.1. The van der Waals surface area contributed by atoms with Gasteiger partial charge in [-0.25, -0.2) is 9.69 Å². The van der Waals surface area contributed by atoms with Crippen molar-refractivity contribution >= 4 is 23.5 Å². The smallest absolute Gasteiger partial charge is 0.416 e. The van der Waals surface area contributed by atoms with E-state index in [4.69, 9.17) is 0 Å². The number of alkyl halides is 3. The minimum atomic E-state index is -4.71. The minimum Gasteiger partial charge on any atom is -0.465 e. The quantitative estimate of drug-likeness (QED) is 0.616. The number of carbonyl (C=O) groups is 3. The maximum atomic E-state index is 13.0. The zero-order valence-electron chi connectivity index (χ0n) is 12.8. The largest absolute Gasteiger partial charge is 0.465 e. The summed E-state index contributed by atoms with van der Waals surface area (Å²) in [7, 11) is 1.05. The van der Waals surface area contributed by atoms with Crippen LogP contribution in [0.3, 0.4) is 0 Å². The summed E-state index contributed by atoms with van der Waals surface area (Å²) < 4.78 is 43.6. The molecule has 1 aliphatic rings. The van der Waals surface area contributed by atoms with Gasteiger partial charge in [-0.15, -0.1) is 0 Å². The minimum absolute atomic E-state index is 0.0562. The third kappa shape index (κ3) is 2.65. The first-order valence-electron chi connectivity index (χ1n) is 7.03. The summed E-state index contributed by atoms with van der Waals surface area (Å²) in [5.74, 6) is -2.56. The van der Waals surface area contributed by atoms with Gasteiger partial charge in [-0.3, -0.25) is 9.59 Å². The van der Waals surface area contributed by atoms with Crippen LogP contribution < -0.4 is 4.90 Å². The molecule has 0 spiro atoms. The molecule has 0 unspecified atom stereocenters. The van der Waals surface area contributed by atoms with E-state index in [0.29, 0.717) is 17.0 Å². The number of imide groups is 1. The van der Waals surface area contributed by atoms with Crippen LogP contribution in [0.1, 0.15) is 36.6 Å². The van der Waals surface area contributed by atoms with E-state index in [1.807, 2.05) is 0 Å². The van der Waals surface area contributed by atoms with Crippen molar-refractivity contribution in [2.45, 2.75) is 6.18 Å². The molecule has 3 rings (SSSR count). The van der Waals surface area contributed by atoms with Gasteiger partial charge in [0.2, 0.25) is 0 Å². The van der Waals surface area contributed by atoms with E-state index >= 15 is 0 Å². The van der Waals surface area contributed by atoms with E-state index in [1.54, 1.807) is 0 Å². The molecule has 2 amide bonds. The maximum absolute atomic E-state index is 13.0. The number of rotatable bonds is 2. The van der Waals surface area contributed by atoms with Crippen molar-refractivity contribution in [1.82, 2.24) is 0 Å². The Morgan fingerprint density at radius 1 is 1.00 bits per heavy atom. The van der Waals surface area contributed by atoms with E-state index in [2.05, 4.69) is 4.74 Å². The van der Waals surface area contributed by atoms with Gasteiger partial charge in [0.1, 0.15) is 0 Å². The van der Waals surface area contributed by atoms with Crippen LogP contribution in [-0.2, 0) is 10.9 Å². The number of carbonyl (C=O) groups excluding carboxylic acids is 3. The van der Waals surface area contributed by atoms with Crippen LogP contribution in [0.25, 0.3) is 0 Å². The van der Waals surface area contributed by atoms with Crippen molar-refractivity contribution in [3.05, 3.63) is 64.7 Å². The highest BCUT2D eigenvalue weighted by Crippen LogP contribution is 2.36. The van der Waals surface area contributed by atoms with Crippen LogP contribution in [0.4, 0.5) is 18.9 Å². The fourth-order valence-electron chi connectivity index (χ4n) is 2.58. The fourth-order valence-corrected chi connectivity index (χ4v) is 2.58. The Balaban J connectivity index is 2.20. The number of nitrogens with zero attached hydrogens (tertiary/aromatic N) is 1. The summed E-state index contributed by atoms with van der Waals surface area (Å²) in [6.07, 6.45) is -4.71. The summed E-state index contributed by atoms with van der Waals surface area (Å²) in [6.45, 7) is 0. The van der Waals surface area contributed by atoms with Gasteiger partial charge in [-0.1, -0.05) is 12.1 Å². The van der Waals surface area contributed by atoms with Crippen LogP contribution in [0, 0.1) is 0 Å². The Hall–Kier alpha value is -3.16. The highest BCUT2D eigenvalue weighted by atomic mass is 19.4. The number of hydrogen-bond acceptors (Lipinski definition) is 4. The molecule has 128 valence electrons. The fraction of sp³-hybridized carbons (Fsp3) is 0.118. The van der Waals surface area contributed by atoms with Crippen LogP contribution in [-0.4, -0.2) is 24.9 Å². The van der Waals surface area contributed by atoms with Crippen LogP contribution in [0.15, 0.2) is 42.5 Å². The monoisotopic (exact) mass is 349 g/mol. The number of benzene rings is 2. The first kappa shape index (κ1) is 16.7. The molecule has 1 aliphatic heterocycles. The molecule has 0 aliphatic carbocycles. The zero-order valence-corrected chi connectivity index (χ0v) is 12.8. The molecule has 2 aromatic rings. The number of halogens is 3. The first-order chi connectivity index (χ1) is 11.8. The molecule has 0 atom stereocenters. The number of ether oxygens (including phenoxy) is 1. The lowest BCUT2D eigenvalue weighted by molar-refractivity contribution is -0.137. The van der Waals surface area contributed by atoms with Crippen molar-refractivity contribution in [3.63, 3.8) is 0 Å². The van der Waals surface area contributed by atoms with Gasteiger partial charge >= 0.3 is 12.1 Å². The number of fused-ring (bicyclic) bond motifs is 1. The second-order valence-electron chi connectivity index (χ2n) is 5.21. The molecule has 0 radical (unpaired) electrons. The molecule has 0 saturated carbocycles. The molecule has 1 heterocycles. The molecule has 5 nitrogen and oxygen atoms in total. The number of esters is 1. The highest BCUT2D eigenvalue weighted by molar-refractivity contribution is 6.35. The van der Waals surface area contributed by atoms with E-state index < -0.39 is 35.2 Å². The topological polar surface area (TPSA) is 63.7 Å². The summed E-state index contributed by atoms with van der Waals surface area (Å²) in [5.41, 5.74) is -1.76. The average Bonchev–Trinajstić information content (AvgIpc) is 2.84. The van der Waals surface area contributed by atoms with Crippen molar-refractivity contribution in [3.8, 4) is 0 Å². The normalized spacial score (nSPS) is 13.8. The standard InChI is InChI=1S/C17H10F3NO4/c1-25-16(24)12-7-6-9(17(18,19)20)8-13(12)21-14(22)10-4-2-3-5-11(10)15(21)23/h2-8H,1H3. The van der Waals surface area contributed by atoms with Crippen molar-refractivity contribution in [2.24, 2.45) is 0 Å². The van der Waals surface area contributed by atoms with Gasteiger partial charge in [0, 0.05) is 0 Å². The SMILES string of the molecule is COC(=O)c1ccc(C(F)(F)F)cc1N1C(=O)c2ccccc2C1=O. The number of amides is 2. The van der Waals surface area contributed by atoms with Crippen LogP contribution in [0.2, 0.25) is 0 Å². The van der Waals surface area contributed by atoms with Gasteiger partial charge in [0.15, 0.2) is 0 Å². The van der Waals surface area contributed by atoms with Gasteiger partial charge in [-0.05, 0) is 30.3 Å². The van der Waals surface area contributed by atoms with Crippen molar-refractivity contribution in [1.29, 1.82) is 0 Å².